The number of nitrogens with one attached hydrogen (secondary N) is 1. The van der Waals surface area contributed by atoms with Crippen LogP contribution in [-0.2, 0) is 9.84 Å². The van der Waals surface area contributed by atoms with Crippen LogP contribution in [0.25, 0.3) is 16.9 Å². The maximum atomic E-state index is 13.8. The molecule has 0 aliphatic carbocycles. The highest BCUT2D eigenvalue weighted by atomic mass is 35.5. The van der Waals surface area contributed by atoms with Crippen LogP contribution < -0.4 is 10.1 Å². The van der Waals surface area contributed by atoms with Gasteiger partial charge in [-0.1, -0.05) is 23.7 Å². The summed E-state index contributed by atoms with van der Waals surface area (Å²) in [7, 11) is -3.48. The highest BCUT2D eigenvalue weighted by Crippen LogP contribution is 2.31. The van der Waals surface area contributed by atoms with Crippen molar-refractivity contribution >= 4 is 38.9 Å². The van der Waals surface area contributed by atoms with Gasteiger partial charge >= 0.3 is 6.09 Å². The molecule has 8 nitrogen and oxygen atoms in total. The van der Waals surface area contributed by atoms with Crippen molar-refractivity contribution in [2.24, 2.45) is 0 Å². The molecule has 1 N–H and O–H groups in total. The van der Waals surface area contributed by atoms with E-state index < -0.39 is 28.0 Å². The first-order valence-corrected chi connectivity index (χ1v) is 12.0. The molecule has 4 rings (SSSR count). The second kappa shape index (κ2) is 8.99. The fourth-order valence-electron chi connectivity index (χ4n) is 3.19. The lowest BCUT2D eigenvalue weighted by molar-refractivity contribution is 0.143. The van der Waals surface area contributed by atoms with Crippen LogP contribution in [-0.4, -0.2) is 35.4 Å². The van der Waals surface area contributed by atoms with Gasteiger partial charge in [0.1, 0.15) is 5.69 Å². The standard InChI is InChI=1S/C22H17ClF2N4O4S/c1-12-8-13(6-7-16(12)23)17-10-18(20(24)25)29-21(28-17)19(11-26-29)33-22(30)27-14-4-3-5-15(9-14)34(2,31)32/h3-11,20H,1-2H3,(H,27,30). The Hall–Kier alpha value is -3.57. The maximum Gasteiger partial charge on any atom is 0.417 e. The number of alkyl halides is 2. The van der Waals surface area contributed by atoms with Crippen LogP contribution in [0.15, 0.2) is 59.6 Å². The zero-order chi connectivity index (χ0) is 24.6. The van der Waals surface area contributed by atoms with Crippen molar-refractivity contribution in [3.63, 3.8) is 0 Å². The summed E-state index contributed by atoms with van der Waals surface area (Å²) in [6, 6.07) is 11.8. The number of nitrogens with zero attached hydrogens (tertiary/aromatic N) is 3. The number of fused-ring (bicyclic) bond motifs is 1. The van der Waals surface area contributed by atoms with Gasteiger partial charge in [0, 0.05) is 22.5 Å². The van der Waals surface area contributed by atoms with Gasteiger partial charge in [0.2, 0.25) is 0 Å². The number of anilines is 1. The first-order valence-electron chi connectivity index (χ1n) is 9.75. The molecule has 0 atom stereocenters. The van der Waals surface area contributed by atoms with E-state index in [4.69, 9.17) is 16.3 Å². The number of rotatable bonds is 5. The molecule has 0 radical (unpaired) electrons. The van der Waals surface area contributed by atoms with Crippen molar-refractivity contribution in [1.29, 1.82) is 0 Å². The lowest BCUT2D eigenvalue weighted by Crippen LogP contribution is -2.17. The Morgan fingerprint density at radius 2 is 1.94 bits per heavy atom. The van der Waals surface area contributed by atoms with Crippen molar-refractivity contribution in [1.82, 2.24) is 14.6 Å². The number of amides is 1. The third kappa shape index (κ3) is 4.85. The topological polar surface area (TPSA) is 103 Å². The van der Waals surface area contributed by atoms with Gasteiger partial charge in [0.25, 0.3) is 6.43 Å². The predicted molar refractivity (Wildman–Crippen MR) is 122 cm³/mol. The molecule has 4 aromatic rings. The van der Waals surface area contributed by atoms with Gasteiger partial charge in [0.15, 0.2) is 21.2 Å². The highest BCUT2D eigenvalue weighted by Gasteiger charge is 2.21. The fourth-order valence-corrected chi connectivity index (χ4v) is 3.98. The second-order valence-electron chi connectivity index (χ2n) is 7.39. The summed E-state index contributed by atoms with van der Waals surface area (Å²) in [6.45, 7) is 1.77. The van der Waals surface area contributed by atoms with E-state index in [9.17, 15) is 22.0 Å². The molecule has 2 aromatic carbocycles. The van der Waals surface area contributed by atoms with Crippen LogP contribution in [0, 0.1) is 6.92 Å². The number of halogens is 3. The Bertz CT molecular complexity index is 1520. The minimum absolute atomic E-state index is 0.00687. The summed E-state index contributed by atoms with van der Waals surface area (Å²) >= 11 is 6.06. The number of hydrogen-bond donors (Lipinski definition) is 1. The highest BCUT2D eigenvalue weighted by molar-refractivity contribution is 7.90. The molecule has 0 spiro atoms. The predicted octanol–water partition coefficient (Wildman–Crippen LogP) is 5.31. The minimum atomic E-state index is -3.48. The number of ether oxygens (including phenoxy) is 1. The van der Waals surface area contributed by atoms with Crippen LogP contribution in [0.2, 0.25) is 5.02 Å². The quantitative estimate of drug-likeness (QED) is 0.393. The number of hydrogen-bond acceptors (Lipinski definition) is 6. The zero-order valence-corrected chi connectivity index (χ0v) is 19.4. The summed E-state index contributed by atoms with van der Waals surface area (Å²) < 4.78 is 57.1. The van der Waals surface area contributed by atoms with E-state index >= 15 is 0 Å². The molecule has 2 heterocycles. The molecular formula is C22H17ClF2N4O4S. The number of sulfone groups is 1. The van der Waals surface area contributed by atoms with Crippen molar-refractivity contribution in [3.05, 3.63) is 71.0 Å². The Balaban J connectivity index is 1.69. The van der Waals surface area contributed by atoms with E-state index in [1.54, 1.807) is 25.1 Å². The third-order valence-electron chi connectivity index (χ3n) is 4.86. The van der Waals surface area contributed by atoms with Crippen LogP contribution in [0.4, 0.5) is 19.3 Å². The van der Waals surface area contributed by atoms with Crippen LogP contribution in [0.3, 0.4) is 0 Å². The molecule has 12 heteroatoms. The molecule has 0 aliphatic heterocycles. The van der Waals surface area contributed by atoms with E-state index in [1.807, 2.05) is 0 Å². The second-order valence-corrected chi connectivity index (χ2v) is 9.81. The molecule has 0 fully saturated rings. The molecule has 2 aromatic heterocycles. The molecule has 0 aliphatic rings. The summed E-state index contributed by atoms with van der Waals surface area (Å²) in [5, 5.41) is 6.80. The van der Waals surface area contributed by atoms with Gasteiger partial charge in [-0.25, -0.2) is 31.5 Å². The lowest BCUT2D eigenvalue weighted by atomic mass is 10.1. The molecule has 0 bridgehead atoms. The smallest absolute Gasteiger partial charge is 0.404 e. The number of carbonyl (C=O) groups is 1. The maximum absolute atomic E-state index is 13.8. The average Bonchev–Trinajstić information content (AvgIpc) is 3.17. The van der Waals surface area contributed by atoms with Crippen LogP contribution in [0.1, 0.15) is 17.7 Å². The van der Waals surface area contributed by atoms with Crippen LogP contribution in [0.5, 0.6) is 5.75 Å². The molecule has 0 saturated carbocycles. The van der Waals surface area contributed by atoms with Crippen molar-refractivity contribution < 1.29 is 26.7 Å². The Morgan fingerprint density at radius 3 is 2.62 bits per heavy atom. The first kappa shape index (κ1) is 23.6. The molecule has 0 unspecified atom stereocenters. The summed E-state index contributed by atoms with van der Waals surface area (Å²) in [5.74, 6) is -0.161. The normalized spacial score (nSPS) is 11.7. The molecule has 34 heavy (non-hydrogen) atoms. The Morgan fingerprint density at radius 1 is 1.18 bits per heavy atom. The molecular weight excluding hydrogens is 490 g/mol. The van der Waals surface area contributed by atoms with Gasteiger partial charge < -0.3 is 4.74 Å². The molecule has 0 saturated heterocycles. The Kier molecular flexibility index (Phi) is 6.24. The average molecular weight is 507 g/mol. The van der Waals surface area contributed by atoms with Gasteiger partial charge in [-0.05, 0) is 48.9 Å². The van der Waals surface area contributed by atoms with E-state index in [2.05, 4.69) is 15.4 Å². The zero-order valence-electron chi connectivity index (χ0n) is 17.8. The van der Waals surface area contributed by atoms with Gasteiger partial charge in [-0.3, -0.25) is 5.32 Å². The van der Waals surface area contributed by atoms with Crippen molar-refractivity contribution in [2.75, 3.05) is 11.6 Å². The Labute approximate surface area is 198 Å². The van der Waals surface area contributed by atoms with Crippen LogP contribution >= 0.6 is 11.6 Å². The SMILES string of the molecule is Cc1cc(-c2cc(C(F)F)n3ncc(OC(=O)Nc4cccc(S(C)(=O)=O)c4)c3n2)ccc1Cl. The van der Waals surface area contributed by atoms with E-state index in [0.717, 1.165) is 22.5 Å². The molecule has 1 amide bonds. The van der Waals surface area contributed by atoms with E-state index in [0.29, 0.717) is 10.6 Å². The van der Waals surface area contributed by atoms with Gasteiger partial charge in [0.05, 0.1) is 16.8 Å². The van der Waals surface area contributed by atoms with Crippen molar-refractivity contribution in [3.8, 4) is 17.0 Å². The fraction of sp³-hybridized carbons (Fsp3) is 0.136. The van der Waals surface area contributed by atoms with Crippen molar-refractivity contribution in [2.45, 2.75) is 18.2 Å². The minimum Gasteiger partial charge on any atom is -0.404 e. The first-order chi connectivity index (χ1) is 16.0. The number of aromatic nitrogens is 3. The van der Waals surface area contributed by atoms with E-state index in [-0.39, 0.29) is 27.7 Å². The van der Waals surface area contributed by atoms with E-state index in [1.165, 1.54) is 30.3 Å². The van der Waals surface area contributed by atoms with Gasteiger partial charge in [-0.15, -0.1) is 0 Å². The third-order valence-corrected chi connectivity index (χ3v) is 6.39. The number of carbonyl (C=O) groups excluding carboxylic acids is 1. The largest absolute Gasteiger partial charge is 0.417 e. The summed E-state index contributed by atoms with van der Waals surface area (Å²) in [4.78, 5) is 16.8. The number of benzene rings is 2. The lowest BCUT2D eigenvalue weighted by Gasteiger charge is -2.10. The monoisotopic (exact) mass is 506 g/mol. The number of aryl methyl sites for hydroxylation is 1. The van der Waals surface area contributed by atoms with Gasteiger partial charge in [-0.2, -0.15) is 5.10 Å². The molecule has 176 valence electrons. The summed E-state index contributed by atoms with van der Waals surface area (Å²) in [6.07, 6.45) is -1.72. The summed E-state index contributed by atoms with van der Waals surface area (Å²) in [5.41, 5.74) is 1.13.